The normalized spacial score (nSPS) is 12.8. The van der Waals surface area contributed by atoms with Crippen molar-refractivity contribution in [1.29, 1.82) is 0 Å². The Hall–Kier alpha value is -3.22. The second kappa shape index (κ2) is 8.73. The molecule has 1 atom stereocenters. The molecule has 5 nitrogen and oxygen atoms in total. The van der Waals surface area contributed by atoms with Crippen LogP contribution in [0.1, 0.15) is 61.8 Å². The monoisotopic (exact) mass is 439 g/mol. The van der Waals surface area contributed by atoms with Crippen molar-refractivity contribution in [3.05, 3.63) is 59.2 Å². The lowest BCUT2D eigenvalue weighted by Gasteiger charge is -2.21. The minimum Gasteiger partial charge on any atom is -0.481 e. The van der Waals surface area contributed by atoms with Crippen LogP contribution in [0.2, 0.25) is 0 Å². The van der Waals surface area contributed by atoms with Crippen molar-refractivity contribution in [3.8, 4) is 5.69 Å². The molecule has 2 aromatic carbocycles. The number of hydrogen-bond donors (Lipinski definition) is 2. The van der Waals surface area contributed by atoms with Crippen molar-refractivity contribution >= 4 is 27.8 Å². The number of hydrogen-bond acceptors (Lipinski definition) is 2. The van der Waals surface area contributed by atoms with Crippen LogP contribution < -0.4 is 0 Å². The molecule has 2 aromatic heterocycles. The molecule has 0 saturated carbocycles. The minimum absolute atomic E-state index is 0.0309. The molecule has 168 valence electrons. The highest BCUT2D eigenvalue weighted by Crippen LogP contribution is 2.42. The van der Waals surface area contributed by atoms with Gasteiger partial charge in [0.15, 0.2) is 0 Å². The first-order chi connectivity index (χ1) is 15.3. The third kappa shape index (κ3) is 3.87. The summed E-state index contributed by atoms with van der Waals surface area (Å²) in [6, 6.07) is 9.06. The van der Waals surface area contributed by atoms with E-state index >= 15 is 0 Å². The molecule has 0 fully saturated rings. The zero-order chi connectivity index (χ0) is 23.0. The van der Waals surface area contributed by atoms with E-state index in [0.29, 0.717) is 12.0 Å². The number of H-pyrrole nitrogens is 1. The lowest BCUT2D eigenvalue weighted by Crippen LogP contribution is -2.10. The van der Waals surface area contributed by atoms with Crippen LogP contribution in [-0.4, -0.2) is 32.5 Å². The second-order valence-corrected chi connectivity index (χ2v) is 8.66. The highest BCUT2D eigenvalue weighted by Gasteiger charge is 2.27. The number of aliphatic carboxylic acids is 1. The van der Waals surface area contributed by atoms with Crippen LogP contribution in [0.3, 0.4) is 0 Å². The van der Waals surface area contributed by atoms with Gasteiger partial charge < -0.3 is 9.67 Å². The summed E-state index contributed by atoms with van der Waals surface area (Å²) in [6.45, 7) is 5.34. The van der Waals surface area contributed by atoms with Crippen molar-refractivity contribution in [1.82, 2.24) is 14.8 Å². The first-order valence-electron chi connectivity index (χ1n) is 10.9. The molecule has 2 heterocycles. The largest absolute Gasteiger partial charge is 0.481 e. The molecule has 4 aromatic rings. The summed E-state index contributed by atoms with van der Waals surface area (Å²) in [5.41, 5.74) is 5.10. The van der Waals surface area contributed by atoms with Gasteiger partial charge in [0.2, 0.25) is 0 Å². The SMILES string of the molecule is Cc1cc(-n2c(C(C)C)c([C@H](CCF)CCC(=O)O)c3cc4[nH]ncc4cc32)ccc1F. The van der Waals surface area contributed by atoms with Crippen LogP contribution in [0.15, 0.2) is 36.5 Å². The molecule has 32 heavy (non-hydrogen) atoms. The van der Waals surface area contributed by atoms with E-state index in [1.807, 2.05) is 18.2 Å². The van der Waals surface area contributed by atoms with Crippen molar-refractivity contribution in [2.24, 2.45) is 0 Å². The number of carboxylic acid groups (broad SMARTS) is 1. The highest BCUT2D eigenvalue weighted by atomic mass is 19.1. The Labute approximate surface area is 185 Å². The van der Waals surface area contributed by atoms with Crippen LogP contribution in [0.4, 0.5) is 8.78 Å². The summed E-state index contributed by atoms with van der Waals surface area (Å²) in [5, 5.41) is 18.3. The van der Waals surface area contributed by atoms with Crippen LogP contribution in [0.5, 0.6) is 0 Å². The molecule has 0 aliphatic carbocycles. The van der Waals surface area contributed by atoms with Crippen LogP contribution in [0, 0.1) is 12.7 Å². The van der Waals surface area contributed by atoms with E-state index in [0.717, 1.165) is 38.8 Å². The average molecular weight is 440 g/mol. The van der Waals surface area contributed by atoms with Gasteiger partial charge in [-0.3, -0.25) is 14.3 Å². The zero-order valence-electron chi connectivity index (χ0n) is 18.5. The molecule has 2 N–H and O–H groups in total. The van der Waals surface area contributed by atoms with Crippen molar-refractivity contribution < 1.29 is 18.7 Å². The standard InChI is InChI=1S/C25H27F2N3O2/c1-14(2)25-24(16(8-9-26)4-7-23(31)32)19-12-21-17(13-28-29-21)11-22(19)30(25)18-5-6-20(27)15(3)10-18/h5-6,10-14,16H,4,7-9H2,1-3H3,(H,28,29)(H,31,32)/t16-/m0/s1. The van der Waals surface area contributed by atoms with Crippen molar-refractivity contribution in [2.45, 2.75) is 51.9 Å². The maximum absolute atomic E-state index is 14.0. The molecule has 0 unspecified atom stereocenters. The number of aromatic amines is 1. The maximum atomic E-state index is 14.0. The Morgan fingerprint density at radius 2 is 2.00 bits per heavy atom. The smallest absolute Gasteiger partial charge is 0.303 e. The Morgan fingerprint density at radius 3 is 2.66 bits per heavy atom. The van der Waals surface area contributed by atoms with E-state index in [2.05, 4.69) is 28.6 Å². The molecule has 0 aliphatic heterocycles. The number of aromatic nitrogens is 3. The van der Waals surface area contributed by atoms with E-state index in [1.54, 1.807) is 19.2 Å². The van der Waals surface area contributed by atoms with Gasteiger partial charge in [0.1, 0.15) is 5.82 Å². The molecule has 4 rings (SSSR count). The quantitative estimate of drug-likeness (QED) is 0.334. The van der Waals surface area contributed by atoms with E-state index < -0.39 is 12.6 Å². The van der Waals surface area contributed by atoms with Gasteiger partial charge in [-0.25, -0.2) is 4.39 Å². The average Bonchev–Trinajstić information content (AvgIpc) is 3.33. The Bertz CT molecular complexity index is 1290. The van der Waals surface area contributed by atoms with Gasteiger partial charge in [-0.2, -0.15) is 5.10 Å². The van der Waals surface area contributed by atoms with Crippen LogP contribution in [0.25, 0.3) is 27.5 Å². The number of aryl methyl sites for hydroxylation is 1. The van der Waals surface area contributed by atoms with E-state index in [1.165, 1.54) is 6.07 Å². The predicted molar refractivity (Wildman–Crippen MR) is 122 cm³/mol. The molecule has 7 heteroatoms. The van der Waals surface area contributed by atoms with Crippen molar-refractivity contribution in [2.75, 3.05) is 6.67 Å². The van der Waals surface area contributed by atoms with Gasteiger partial charge in [-0.15, -0.1) is 0 Å². The number of nitrogens with zero attached hydrogens (tertiary/aromatic N) is 2. The van der Waals surface area contributed by atoms with Gasteiger partial charge in [0.25, 0.3) is 0 Å². The van der Waals surface area contributed by atoms with E-state index in [9.17, 15) is 18.7 Å². The first-order valence-corrected chi connectivity index (χ1v) is 10.9. The maximum Gasteiger partial charge on any atom is 0.303 e. The fraction of sp³-hybridized carbons (Fsp3) is 0.360. The Balaban J connectivity index is 2.08. The molecule has 0 bridgehead atoms. The van der Waals surface area contributed by atoms with Gasteiger partial charge in [0, 0.05) is 28.6 Å². The number of carbonyl (C=O) groups is 1. The fourth-order valence-corrected chi connectivity index (χ4v) is 4.68. The van der Waals surface area contributed by atoms with E-state index in [-0.39, 0.29) is 30.5 Å². The second-order valence-electron chi connectivity index (χ2n) is 8.66. The number of nitrogens with one attached hydrogen (secondary N) is 1. The number of fused-ring (bicyclic) bond motifs is 2. The number of alkyl halides is 1. The van der Waals surface area contributed by atoms with Gasteiger partial charge in [0.05, 0.1) is 23.9 Å². The molecular weight excluding hydrogens is 412 g/mol. The summed E-state index contributed by atoms with van der Waals surface area (Å²) in [6.07, 6.45) is 2.31. The number of benzene rings is 2. The first kappa shape index (κ1) is 22.0. The van der Waals surface area contributed by atoms with Crippen LogP contribution in [-0.2, 0) is 4.79 Å². The van der Waals surface area contributed by atoms with Gasteiger partial charge >= 0.3 is 5.97 Å². The van der Waals surface area contributed by atoms with Gasteiger partial charge in [-0.1, -0.05) is 13.8 Å². The number of halogens is 2. The summed E-state index contributed by atoms with van der Waals surface area (Å²) in [7, 11) is 0. The van der Waals surface area contributed by atoms with Crippen molar-refractivity contribution in [3.63, 3.8) is 0 Å². The minimum atomic E-state index is -0.895. The molecule has 0 spiro atoms. The van der Waals surface area contributed by atoms with Crippen LogP contribution >= 0.6 is 0 Å². The van der Waals surface area contributed by atoms with E-state index in [4.69, 9.17) is 0 Å². The summed E-state index contributed by atoms with van der Waals surface area (Å²) in [5.74, 6) is -1.34. The zero-order valence-corrected chi connectivity index (χ0v) is 18.5. The predicted octanol–water partition coefficient (Wildman–Crippen LogP) is 6.39. The lowest BCUT2D eigenvalue weighted by atomic mass is 9.86. The highest BCUT2D eigenvalue weighted by molar-refractivity contribution is 5.99. The summed E-state index contributed by atoms with van der Waals surface area (Å²) >= 11 is 0. The fourth-order valence-electron chi connectivity index (χ4n) is 4.68. The number of carboxylic acids is 1. The third-order valence-corrected chi connectivity index (χ3v) is 6.12. The summed E-state index contributed by atoms with van der Waals surface area (Å²) < 4.78 is 29.8. The topological polar surface area (TPSA) is 70.9 Å². The lowest BCUT2D eigenvalue weighted by molar-refractivity contribution is -0.137. The third-order valence-electron chi connectivity index (χ3n) is 6.12. The Morgan fingerprint density at radius 1 is 1.22 bits per heavy atom. The van der Waals surface area contributed by atoms with Gasteiger partial charge in [-0.05, 0) is 73.1 Å². The molecule has 0 saturated heterocycles. The molecule has 0 amide bonds. The summed E-state index contributed by atoms with van der Waals surface area (Å²) in [4.78, 5) is 11.3. The molecule has 0 radical (unpaired) electrons. The number of rotatable bonds is 8. The molecular formula is C25H27F2N3O2. The Kier molecular flexibility index (Phi) is 6.00. The molecule has 0 aliphatic rings.